The highest BCUT2D eigenvalue weighted by molar-refractivity contribution is 5.72. The smallest absolute Gasteiger partial charge is 0.314 e. The van der Waals surface area contributed by atoms with Crippen LogP contribution in [0.25, 0.3) is 0 Å². The van der Waals surface area contributed by atoms with E-state index in [1.165, 1.54) is 6.92 Å². The Morgan fingerprint density at radius 2 is 2.33 bits per heavy atom. The standard InChI is InChI=1S/C5H12N2O2/c1-3-5(2,9)7-4(6)8/h9H,3H2,1-2H3,(H3,6,7,8). The summed E-state index contributed by atoms with van der Waals surface area (Å²) in [5, 5.41) is 11.2. The van der Waals surface area contributed by atoms with Crippen molar-refractivity contribution in [1.29, 1.82) is 0 Å². The second-order valence-corrected chi connectivity index (χ2v) is 2.12. The van der Waals surface area contributed by atoms with Crippen LogP contribution in [0.3, 0.4) is 0 Å². The predicted molar refractivity (Wildman–Crippen MR) is 33.6 cm³/mol. The van der Waals surface area contributed by atoms with Gasteiger partial charge in [0.25, 0.3) is 0 Å². The molecular weight excluding hydrogens is 120 g/mol. The minimum atomic E-state index is -1.16. The number of carbonyl (C=O) groups excluding carboxylic acids is 1. The van der Waals surface area contributed by atoms with Crippen molar-refractivity contribution in [3.8, 4) is 0 Å². The largest absolute Gasteiger partial charge is 0.371 e. The van der Waals surface area contributed by atoms with Gasteiger partial charge in [-0.15, -0.1) is 0 Å². The van der Waals surface area contributed by atoms with Gasteiger partial charge in [0.15, 0.2) is 0 Å². The third-order valence-corrected chi connectivity index (χ3v) is 1.08. The van der Waals surface area contributed by atoms with E-state index in [1.807, 2.05) is 0 Å². The molecule has 0 bridgehead atoms. The predicted octanol–water partition coefficient (Wildman–Crippen LogP) is -0.227. The van der Waals surface area contributed by atoms with Crippen molar-refractivity contribution < 1.29 is 9.90 Å². The van der Waals surface area contributed by atoms with E-state index in [4.69, 9.17) is 10.8 Å². The molecule has 1 atom stereocenters. The molecule has 0 saturated carbocycles. The Morgan fingerprint density at radius 3 is 2.44 bits per heavy atom. The zero-order chi connectivity index (χ0) is 7.49. The molecule has 0 aliphatic heterocycles. The monoisotopic (exact) mass is 132 g/mol. The minimum Gasteiger partial charge on any atom is -0.371 e. The van der Waals surface area contributed by atoms with Gasteiger partial charge in [-0.1, -0.05) is 6.92 Å². The van der Waals surface area contributed by atoms with Crippen LogP contribution < -0.4 is 11.1 Å². The summed E-state index contributed by atoms with van der Waals surface area (Å²) in [6.07, 6.45) is 0.440. The molecule has 54 valence electrons. The van der Waals surface area contributed by atoms with Crippen molar-refractivity contribution in [2.24, 2.45) is 5.73 Å². The fourth-order valence-electron chi connectivity index (χ4n) is 0.354. The maximum Gasteiger partial charge on any atom is 0.314 e. The molecular formula is C5H12N2O2. The van der Waals surface area contributed by atoms with Gasteiger partial charge in [-0.25, -0.2) is 4.79 Å². The van der Waals surface area contributed by atoms with E-state index in [1.54, 1.807) is 6.92 Å². The van der Waals surface area contributed by atoms with E-state index < -0.39 is 11.8 Å². The first-order valence-corrected chi connectivity index (χ1v) is 2.78. The molecule has 4 nitrogen and oxygen atoms in total. The highest BCUT2D eigenvalue weighted by Gasteiger charge is 2.17. The summed E-state index contributed by atoms with van der Waals surface area (Å²) in [6.45, 7) is 3.23. The quantitative estimate of drug-likeness (QED) is 0.454. The molecule has 0 aliphatic rings. The number of rotatable bonds is 2. The Morgan fingerprint density at radius 1 is 1.89 bits per heavy atom. The number of carbonyl (C=O) groups is 1. The van der Waals surface area contributed by atoms with E-state index in [0.717, 1.165) is 0 Å². The topological polar surface area (TPSA) is 75.3 Å². The molecule has 0 saturated heterocycles. The van der Waals surface area contributed by atoms with Crippen molar-refractivity contribution in [1.82, 2.24) is 5.32 Å². The number of hydrogen-bond donors (Lipinski definition) is 3. The molecule has 0 radical (unpaired) electrons. The molecule has 0 aliphatic carbocycles. The fraction of sp³-hybridized carbons (Fsp3) is 0.800. The van der Waals surface area contributed by atoms with Gasteiger partial charge in [0.2, 0.25) is 0 Å². The summed E-state index contributed by atoms with van der Waals surface area (Å²) in [5.74, 6) is 0. The lowest BCUT2D eigenvalue weighted by Gasteiger charge is -2.20. The molecule has 1 unspecified atom stereocenters. The van der Waals surface area contributed by atoms with Crippen LogP contribution in [0, 0.1) is 0 Å². The number of aliphatic hydroxyl groups is 1. The van der Waals surface area contributed by atoms with Crippen molar-refractivity contribution in [3.05, 3.63) is 0 Å². The first kappa shape index (κ1) is 8.23. The number of primary amides is 1. The van der Waals surface area contributed by atoms with E-state index in [-0.39, 0.29) is 0 Å². The summed E-state index contributed by atoms with van der Waals surface area (Å²) < 4.78 is 0. The molecule has 9 heavy (non-hydrogen) atoms. The van der Waals surface area contributed by atoms with Crippen LogP contribution in [0.5, 0.6) is 0 Å². The number of nitrogens with two attached hydrogens (primary N) is 1. The van der Waals surface area contributed by atoms with Gasteiger partial charge < -0.3 is 16.2 Å². The first-order valence-electron chi connectivity index (χ1n) is 2.78. The number of nitrogens with one attached hydrogen (secondary N) is 1. The molecule has 0 rings (SSSR count). The Kier molecular flexibility index (Phi) is 2.45. The maximum absolute atomic E-state index is 10.1. The summed E-state index contributed by atoms with van der Waals surface area (Å²) in [4.78, 5) is 10.1. The van der Waals surface area contributed by atoms with Crippen molar-refractivity contribution >= 4 is 6.03 Å². The van der Waals surface area contributed by atoms with E-state index in [2.05, 4.69) is 5.32 Å². The van der Waals surface area contributed by atoms with E-state index in [0.29, 0.717) is 6.42 Å². The third kappa shape index (κ3) is 3.78. The molecule has 0 aromatic rings. The van der Waals surface area contributed by atoms with Gasteiger partial charge in [0, 0.05) is 0 Å². The maximum atomic E-state index is 10.1. The van der Waals surface area contributed by atoms with Crippen molar-refractivity contribution in [3.63, 3.8) is 0 Å². The average Bonchev–Trinajstić information content (AvgIpc) is 1.63. The zero-order valence-electron chi connectivity index (χ0n) is 5.64. The van der Waals surface area contributed by atoms with Crippen LogP contribution >= 0.6 is 0 Å². The summed E-state index contributed by atoms with van der Waals surface area (Å²) in [5.41, 5.74) is 3.58. The van der Waals surface area contributed by atoms with Gasteiger partial charge in [-0.3, -0.25) is 0 Å². The van der Waals surface area contributed by atoms with Gasteiger partial charge in [-0.2, -0.15) is 0 Å². The third-order valence-electron chi connectivity index (χ3n) is 1.08. The normalized spacial score (nSPS) is 16.3. The molecule has 4 N–H and O–H groups in total. The van der Waals surface area contributed by atoms with Crippen molar-refractivity contribution in [2.45, 2.75) is 26.0 Å². The SMILES string of the molecule is CCC(C)(O)NC(N)=O. The van der Waals surface area contributed by atoms with Crippen LogP contribution in [-0.4, -0.2) is 16.9 Å². The molecule has 2 amide bonds. The van der Waals surface area contributed by atoms with Crippen molar-refractivity contribution in [2.75, 3.05) is 0 Å². The lowest BCUT2D eigenvalue weighted by atomic mass is 10.2. The number of hydrogen-bond acceptors (Lipinski definition) is 2. The van der Waals surface area contributed by atoms with Gasteiger partial charge in [-0.05, 0) is 13.3 Å². The van der Waals surface area contributed by atoms with E-state index >= 15 is 0 Å². The molecule has 0 aromatic heterocycles. The molecule has 0 fully saturated rings. The molecule has 4 heteroatoms. The Labute approximate surface area is 54.0 Å². The fourth-order valence-corrected chi connectivity index (χ4v) is 0.354. The van der Waals surface area contributed by atoms with Crippen LogP contribution in [0.2, 0.25) is 0 Å². The molecule has 0 heterocycles. The zero-order valence-corrected chi connectivity index (χ0v) is 5.64. The second kappa shape index (κ2) is 2.68. The average molecular weight is 132 g/mol. The van der Waals surface area contributed by atoms with Gasteiger partial charge in [0.1, 0.15) is 5.72 Å². The van der Waals surface area contributed by atoms with Crippen LogP contribution in [-0.2, 0) is 0 Å². The second-order valence-electron chi connectivity index (χ2n) is 2.12. The van der Waals surface area contributed by atoms with Crippen LogP contribution in [0.4, 0.5) is 4.79 Å². The van der Waals surface area contributed by atoms with Crippen LogP contribution in [0.1, 0.15) is 20.3 Å². The summed E-state index contributed by atoms with van der Waals surface area (Å²) >= 11 is 0. The first-order chi connectivity index (χ1) is 3.98. The number of amides is 2. The van der Waals surface area contributed by atoms with Gasteiger partial charge >= 0.3 is 6.03 Å². The summed E-state index contributed by atoms with van der Waals surface area (Å²) in [7, 11) is 0. The van der Waals surface area contributed by atoms with Gasteiger partial charge in [0.05, 0.1) is 0 Å². The Hall–Kier alpha value is -0.770. The lowest BCUT2D eigenvalue weighted by Crippen LogP contribution is -2.47. The number of urea groups is 1. The molecule has 0 aromatic carbocycles. The Balaban J connectivity index is 3.71. The van der Waals surface area contributed by atoms with E-state index in [9.17, 15) is 4.79 Å². The minimum absolute atomic E-state index is 0.440. The highest BCUT2D eigenvalue weighted by Crippen LogP contribution is 2.01. The highest BCUT2D eigenvalue weighted by atomic mass is 16.3. The molecule has 0 spiro atoms. The Bertz CT molecular complexity index is 112. The van der Waals surface area contributed by atoms with Crippen LogP contribution in [0.15, 0.2) is 0 Å². The summed E-state index contributed by atoms with van der Waals surface area (Å²) in [6, 6.07) is -0.707. The lowest BCUT2D eigenvalue weighted by molar-refractivity contribution is 0.0331.